The number of carbonyl (C=O) groups is 1. The average molecular weight is 358 g/mol. The van der Waals surface area contributed by atoms with Gasteiger partial charge < -0.3 is 9.84 Å². The molecule has 1 aliphatic heterocycles. The molecule has 1 aromatic carbocycles. The third kappa shape index (κ3) is 3.30. The molecule has 2 aliphatic rings. The Hall–Kier alpha value is -0.970. The van der Waals surface area contributed by atoms with E-state index in [0.717, 1.165) is 24.8 Å². The summed E-state index contributed by atoms with van der Waals surface area (Å²) in [5.74, 6) is 0.277. The highest BCUT2D eigenvalue weighted by molar-refractivity contribution is 6.34. The number of ether oxygens (including phenoxy) is 1. The fourth-order valence-corrected chi connectivity index (χ4v) is 4.54. The molecular weight excluding hydrogens is 337 g/mol. The average Bonchev–Trinajstić information content (AvgIpc) is 2.89. The molecule has 3 rings (SSSR count). The van der Waals surface area contributed by atoms with Crippen molar-refractivity contribution in [2.45, 2.75) is 50.7 Å². The number of halogens is 2. The van der Waals surface area contributed by atoms with E-state index >= 15 is 0 Å². The summed E-state index contributed by atoms with van der Waals surface area (Å²) in [7, 11) is 1.55. The Morgan fingerprint density at radius 1 is 1.30 bits per heavy atom. The minimum atomic E-state index is -0.741. The van der Waals surface area contributed by atoms with E-state index in [9.17, 15) is 9.90 Å². The second kappa shape index (κ2) is 6.88. The van der Waals surface area contributed by atoms with E-state index in [-0.39, 0.29) is 0 Å². The molecule has 3 atom stereocenters. The number of carboxylic acids is 1. The van der Waals surface area contributed by atoms with E-state index in [1.54, 1.807) is 19.2 Å². The normalized spacial score (nSPS) is 27.7. The number of fused-ring (bicyclic) bond motifs is 1. The Morgan fingerprint density at radius 3 is 2.74 bits per heavy atom. The van der Waals surface area contributed by atoms with Crippen LogP contribution in [0.4, 0.5) is 0 Å². The van der Waals surface area contributed by atoms with Crippen LogP contribution < -0.4 is 4.74 Å². The van der Waals surface area contributed by atoms with Gasteiger partial charge in [-0.05, 0) is 36.8 Å². The SMILES string of the molecule is COc1cc(Cl)c(CN2C(C(=O)O)CC3CCCCC32)cc1Cl. The molecule has 1 heterocycles. The van der Waals surface area contributed by atoms with E-state index in [1.165, 1.54) is 12.8 Å². The van der Waals surface area contributed by atoms with E-state index in [2.05, 4.69) is 4.90 Å². The smallest absolute Gasteiger partial charge is 0.320 e. The quantitative estimate of drug-likeness (QED) is 0.876. The van der Waals surface area contributed by atoms with Crippen LogP contribution in [0.5, 0.6) is 5.75 Å². The zero-order valence-corrected chi connectivity index (χ0v) is 14.6. The lowest BCUT2D eigenvalue weighted by molar-refractivity contribution is -0.142. The van der Waals surface area contributed by atoms with Crippen molar-refractivity contribution in [3.63, 3.8) is 0 Å². The van der Waals surface area contributed by atoms with Gasteiger partial charge in [0.1, 0.15) is 11.8 Å². The van der Waals surface area contributed by atoms with Gasteiger partial charge in [-0.2, -0.15) is 0 Å². The Balaban J connectivity index is 1.87. The van der Waals surface area contributed by atoms with Crippen molar-refractivity contribution >= 4 is 29.2 Å². The third-order valence-electron chi connectivity index (χ3n) is 5.18. The summed E-state index contributed by atoms with van der Waals surface area (Å²) in [6.07, 6.45) is 5.30. The summed E-state index contributed by atoms with van der Waals surface area (Å²) in [4.78, 5) is 13.8. The van der Waals surface area contributed by atoms with Gasteiger partial charge >= 0.3 is 5.97 Å². The molecule has 0 radical (unpaired) electrons. The van der Waals surface area contributed by atoms with Crippen LogP contribution in [0.2, 0.25) is 10.0 Å². The predicted octanol–water partition coefficient (Wildman–Crippen LogP) is 4.22. The number of rotatable bonds is 4. The molecule has 1 saturated heterocycles. The van der Waals surface area contributed by atoms with Crippen LogP contribution in [0, 0.1) is 5.92 Å². The van der Waals surface area contributed by atoms with Crippen molar-refractivity contribution in [3.8, 4) is 5.75 Å². The molecule has 1 aliphatic carbocycles. The summed E-state index contributed by atoms with van der Waals surface area (Å²) in [5, 5.41) is 10.7. The van der Waals surface area contributed by atoms with E-state index in [4.69, 9.17) is 27.9 Å². The first kappa shape index (κ1) is 16.9. The molecule has 4 nitrogen and oxygen atoms in total. The van der Waals surface area contributed by atoms with Crippen LogP contribution in [0.15, 0.2) is 12.1 Å². The molecule has 1 saturated carbocycles. The molecule has 1 aromatic rings. The zero-order chi connectivity index (χ0) is 16.6. The van der Waals surface area contributed by atoms with Crippen molar-refractivity contribution in [3.05, 3.63) is 27.7 Å². The lowest BCUT2D eigenvalue weighted by atomic mass is 9.84. The number of benzene rings is 1. The van der Waals surface area contributed by atoms with Gasteiger partial charge in [0.25, 0.3) is 0 Å². The Bertz CT molecular complexity index is 608. The Kier molecular flexibility index (Phi) is 5.04. The second-order valence-corrected chi connectivity index (χ2v) is 7.27. The molecule has 0 aromatic heterocycles. The molecule has 126 valence electrons. The maximum absolute atomic E-state index is 11.7. The number of hydrogen-bond acceptors (Lipinski definition) is 3. The molecule has 0 amide bonds. The van der Waals surface area contributed by atoms with Gasteiger partial charge in [-0.15, -0.1) is 0 Å². The number of hydrogen-bond donors (Lipinski definition) is 1. The lowest BCUT2D eigenvalue weighted by Gasteiger charge is -2.33. The highest BCUT2D eigenvalue weighted by atomic mass is 35.5. The van der Waals surface area contributed by atoms with E-state index < -0.39 is 12.0 Å². The highest BCUT2D eigenvalue weighted by Gasteiger charge is 2.45. The van der Waals surface area contributed by atoms with Crippen molar-refractivity contribution in [1.82, 2.24) is 4.90 Å². The maximum Gasteiger partial charge on any atom is 0.320 e. The van der Waals surface area contributed by atoms with Gasteiger partial charge in [0.15, 0.2) is 0 Å². The van der Waals surface area contributed by atoms with Crippen molar-refractivity contribution in [2.75, 3.05) is 7.11 Å². The van der Waals surface area contributed by atoms with Crippen molar-refractivity contribution < 1.29 is 14.6 Å². The van der Waals surface area contributed by atoms with Crippen LogP contribution in [0.3, 0.4) is 0 Å². The van der Waals surface area contributed by atoms with Gasteiger partial charge in [0, 0.05) is 23.7 Å². The van der Waals surface area contributed by atoms with E-state index in [1.807, 2.05) is 0 Å². The molecule has 0 spiro atoms. The van der Waals surface area contributed by atoms with Crippen LogP contribution in [-0.2, 0) is 11.3 Å². The number of carboxylic acid groups (broad SMARTS) is 1. The third-order valence-corrected chi connectivity index (χ3v) is 5.83. The van der Waals surface area contributed by atoms with Gasteiger partial charge in [-0.1, -0.05) is 36.0 Å². The minimum absolute atomic E-state index is 0.335. The van der Waals surface area contributed by atoms with Gasteiger partial charge in [-0.3, -0.25) is 9.69 Å². The molecule has 0 bridgehead atoms. The minimum Gasteiger partial charge on any atom is -0.495 e. The van der Waals surface area contributed by atoms with Gasteiger partial charge in [-0.25, -0.2) is 0 Å². The largest absolute Gasteiger partial charge is 0.495 e. The summed E-state index contributed by atoms with van der Waals surface area (Å²) in [6.45, 7) is 0.515. The molecule has 3 unspecified atom stereocenters. The number of methoxy groups -OCH3 is 1. The second-order valence-electron chi connectivity index (χ2n) is 6.45. The first-order valence-electron chi connectivity index (χ1n) is 8.01. The Morgan fingerprint density at radius 2 is 2.04 bits per heavy atom. The molecule has 23 heavy (non-hydrogen) atoms. The van der Waals surface area contributed by atoms with Gasteiger partial charge in [0.05, 0.1) is 12.1 Å². The fourth-order valence-electron chi connectivity index (χ4n) is 4.07. The van der Waals surface area contributed by atoms with Gasteiger partial charge in [0.2, 0.25) is 0 Å². The zero-order valence-electron chi connectivity index (χ0n) is 13.1. The fraction of sp³-hybridized carbons (Fsp3) is 0.588. The topological polar surface area (TPSA) is 49.8 Å². The number of likely N-dealkylation sites (tertiary alicyclic amines) is 1. The van der Waals surface area contributed by atoms with Crippen molar-refractivity contribution in [1.29, 1.82) is 0 Å². The van der Waals surface area contributed by atoms with Crippen LogP contribution in [0.25, 0.3) is 0 Å². The summed E-state index contributed by atoms with van der Waals surface area (Å²) in [6, 6.07) is 3.39. The standard InChI is InChI=1S/C17H21Cl2NO3/c1-23-16-8-12(18)11(6-13(16)19)9-20-14-5-3-2-4-10(14)7-15(20)17(21)22/h6,8,10,14-15H,2-5,7,9H2,1H3,(H,21,22). The summed E-state index contributed by atoms with van der Waals surface area (Å²) >= 11 is 12.6. The van der Waals surface area contributed by atoms with Crippen LogP contribution >= 0.6 is 23.2 Å². The predicted molar refractivity (Wildman–Crippen MR) is 90.3 cm³/mol. The highest BCUT2D eigenvalue weighted by Crippen LogP contribution is 2.41. The first-order valence-corrected chi connectivity index (χ1v) is 8.77. The van der Waals surface area contributed by atoms with Crippen LogP contribution in [0.1, 0.15) is 37.7 Å². The van der Waals surface area contributed by atoms with Crippen molar-refractivity contribution in [2.24, 2.45) is 5.92 Å². The lowest BCUT2D eigenvalue weighted by Crippen LogP contribution is -2.41. The summed E-state index contributed by atoms with van der Waals surface area (Å²) < 4.78 is 5.17. The van der Waals surface area contributed by atoms with Crippen LogP contribution in [-0.4, -0.2) is 35.2 Å². The molecule has 1 N–H and O–H groups in total. The maximum atomic E-state index is 11.7. The van der Waals surface area contributed by atoms with E-state index in [0.29, 0.717) is 34.3 Å². The first-order chi connectivity index (χ1) is 11.0. The number of nitrogens with zero attached hydrogens (tertiary/aromatic N) is 1. The summed E-state index contributed by atoms with van der Waals surface area (Å²) in [5.41, 5.74) is 0.856. The molecule has 6 heteroatoms. The molecular formula is C17H21Cl2NO3. The molecule has 2 fully saturated rings. The Labute approximate surface area is 146 Å². The number of aliphatic carboxylic acids is 1. The monoisotopic (exact) mass is 357 g/mol.